The summed E-state index contributed by atoms with van der Waals surface area (Å²) >= 11 is 3.71. The summed E-state index contributed by atoms with van der Waals surface area (Å²) in [5, 5.41) is 0.212. The first-order valence-corrected chi connectivity index (χ1v) is 11.0. The molecule has 1 heterocycles. The van der Waals surface area contributed by atoms with Crippen LogP contribution in [0, 0.1) is 0 Å². The van der Waals surface area contributed by atoms with Crippen LogP contribution in [0.1, 0.15) is 27.7 Å². The third-order valence-corrected chi connectivity index (χ3v) is 10.1. The van der Waals surface area contributed by atoms with Crippen molar-refractivity contribution in [1.29, 1.82) is 0 Å². The number of thioether (sulfide) groups is 2. The Morgan fingerprint density at radius 1 is 1.24 bits per heavy atom. The predicted molar refractivity (Wildman–Crippen MR) is 81.9 cm³/mol. The zero-order chi connectivity index (χ0) is 13.1. The molecule has 100 valence electrons. The molecule has 0 amide bonds. The molecule has 0 N–H and O–H groups in total. The SMILES string of the molecule is CCOC(O[Si](C)(C)C(C)(C)C)=C1SCCS1. The van der Waals surface area contributed by atoms with Crippen LogP contribution in [0.3, 0.4) is 0 Å². The fourth-order valence-corrected chi connectivity index (χ4v) is 4.46. The Bertz CT molecular complexity index is 287. The van der Waals surface area contributed by atoms with Crippen LogP contribution >= 0.6 is 23.5 Å². The van der Waals surface area contributed by atoms with Crippen molar-refractivity contribution in [2.24, 2.45) is 0 Å². The Morgan fingerprint density at radius 2 is 1.76 bits per heavy atom. The molecule has 1 saturated heterocycles. The lowest BCUT2D eigenvalue weighted by molar-refractivity contribution is 0.108. The van der Waals surface area contributed by atoms with Gasteiger partial charge in [-0.3, -0.25) is 0 Å². The standard InChI is InChI=1S/C12H24O2S2Si/c1-7-13-10(11-15-8-9-16-11)14-17(5,6)12(2,3)4/h7-9H2,1-6H3. The Labute approximate surface area is 115 Å². The molecule has 1 aliphatic heterocycles. The summed E-state index contributed by atoms with van der Waals surface area (Å²) in [5.41, 5.74) is 0. The maximum absolute atomic E-state index is 6.28. The van der Waals surface area contributed by atoms with Crippen molar-refractivity contribution in [2.45, 2.75) is 45.8 Å². The molecule has 0 aliphatic carbocycles. The summed E-state index contributed by atoms with van der Waals surface area (Å²) in [4.78, 5) is 0. The zero-order valence-corrected chi connectivity index (χ0v) is 14.4. The van der Waals surface area contributed by atoms with Crippen LogP contribution in [-0.2, 0) is 9.16 Å². The van der Waals surface area contributed by atoms with E-state index < -0.39 is 8.32 Å². The fraction of sp³-hybridized carbons (Fsp3) is 0.833. The highest BCUT2D eigenvalue weighted by Gasteiger charge is 2.40. The second-order valence-corrected chi connectivity index (χ2v) is 12.8. The molecule has 5 heteroatoms. The van der Waals surface area contributed by atoms with Gasteiger partial charge in [0.15, 0.2) is 0 Å². The highest BCUT2D eigenvalue weighted by Crippen LogP contribution is 2.43. The maximum atomic E-state index is 6.28. The molecule has 0 aromatic carbocycles. The second-order valence-electron chi connectivity index (χ2n) is 5.57. The van der Waals surface area contributed by atoms with Crippen molar-refractivity contribution in [1.82, 2.24) is 0 Å². The first-order chi connectivity index (χ1) is 7.78. The zero-order valence-electron chi connectivity index (χ0n) is 11.8. The summed E-state index contributed by atoms with van der Waals surface area (Å²) in [6, 6.07) is 0. The van der Waals surface area contributed by atoms with Crippen LogP contribution in [-0.4, -0.2) is 26.4 Å². The van der Waals surface area contributed by atoms with E-state index in [0.717, 1.165) is 17.5 Å². The first-order valence-electron chi connectivity index (χ1n) is 6.09. The fourth-order valence-electron chi connectivity index (χ4n) is 1.07. The van der Waals surface area contributed by atoms with Crippen LogP contribution in [0.2, 0.25) is 18.1 Å². The van der Waals surface area contributed by atoms with Crippen molar-refractivity contribution in [2.75, 3.05) is 18.1 Å². The van der Waals surface area contributed by atoms with Crippen molar-refractivity contribution >= 4 is 31.8 Å². The van der Waals surface area contributed by atoms with E-state index >= 15 is 0 Å². The van der Waals surface area contributed by atoms with Gasteiger partial charge in [0.1, 0.15) is 4.24 Å². The molecule has 0 unspecified atom stereocenters. The van der Waals surface area contributed by atoms with Crippen molar-refractivity contribution < 1.29 is 9.16 Å². The first kappa shape index (κ1) is 15.3. The van der Waals surface area contributed by atoms with Crippen LogP contribution in [0.4, 0.5) is 0 Å². The number of hydrogen-bond donors (Lipinski definition) is 0. The molecule has 2 nitrogen and oxygen atoms in total. The molecule has 17 heavy (non-hydrogen) atoms. The molecular weight excluding hydrogens is 268 g/mol. The lowest BCUT2D eigenvalue weighted by atomic mass is 10.2. The monoisotopic (exact) mass is 292 g/mol. The van der Waals surface area contributed by atoms with Crippen LogP contribution in [0.15, 0.2) is 10.2 Å². The number of rotatable bonds is 4. The molecular formula is C12H24O2S2Si. The summed E-state index contributed by atoms with van der Waals surface area (Å²) in [7, 11) is -1.78. The number of ether oxygens (including phenoxy) is 1. The number of hydrogen-bond acceptors (Lipinski definition) is 4. The van der Waals surface area contributed by atoms with Crippen molar-refractivity contribution in [3.8, 4) is 0 Å². The van der Waals surface area contributed by atoms with E-state index in [-0.39, 0.29) is 5.04 Å². The molecule has 1 fully saturated rings. The Balaban J connectivity index is 2.84. The molecule has 0 radical (unpaired) electrons. The van der Waals surface area contributed by atoms with E-state index in [4.69, 9.17) is 9.16 Å². The third kappa shape index (κ3) is 4.14. The maximum Gasteiger partial charge on any atom is 0.286 e. The minimum Gasteiger partial charge on any atom is -0.518 e. The molecule has 1 aliphatic rings. The Hall–Kier alpha value is 0.257. The van der Waals surface area contributed by atoms with Crippen LogP contribution in [0.5, 0.6) is 0 Å². The minimum atomic E-state index is -1.78. The normalized spacial score (nSPS) is 17.2. The van der Waals surface area contributed by atoms with Gasteiger partial charge < -0.3 is 9.16 Å². The summed E-state index contributed by atoms with van der Waals surface area (Å²) in [5.74, 6) is 3.11. The van der Waals surface area contributed by atoms with E-state index in [1.165, 1.54) is 4.24 Å². The molecule has 0 aromatic heterocycles. The molecule has 0 spiro atoms. The van der Waals surface area contributed by atoms with Gasteiger partial charge in [0.25, 0.3) is 14.3 Å². The van der Waals surface area contributed by atoms with Gasteiger partial charge in [-0.05, 0) is 25.1 Å². The van der Waals surface area contributed by atoms with Gasteiger partial charge in [0.2, 0.25) is 0 Å². The predicted octanol–water partition coefficient (Wildman–Crippen LogP) is 4.65. The van der Waals surface area contributed by atoms with Crippen LogP contribution < -0.4 is 0 Å². The second kappa shape index (κ2) is 5.93. The van der Waals surface area contributed by atoms with Gasteiger partial charge in [-0.1, -0.05) is 20.8 Å². The summed E-state index contributed by atoms with van der Waals surface area (Å²) in [6.07, 6.45) is 0. The Kier molecular flexibility index (Phi) is 5.34. The molecule has 0 saturated carbocycles. The van der Waals surface area contributed by atoms with Gasteiger partial charge in [-0.15, -0.1) is 23.5 Å². The lowest BCUT2D eigenvalue weighted by Gasteiger charge is -2.37. The quantitative estimate of drug-likeness (QED) is 0.554. The van der Waals surface area contributed by atoms with E-state index in [0.29, 0.717) is 6.61 Å². The van der Waals surface area contributed by atoms with E-state index in [2.05, 4.69) is 33.9 Å². The highest BCUT2D eigenvalue weighted by atomic mass is 32.2. The average molecular weight is 293 g/mol. The Morgan fingerprint density at radius 3 is 2.18 bits per heavy atom. The highest BCUT2D eigenvalue weighted by molar-refractivity contribution is 8.25. The molecule has 0 bridgehead atoms. The topological polar surface area (TPSA) is 18.5 Å². The average Bonchev–Trinajstić information content (AvgIpc) is 2.67. The van der Waals surface area contributed by atoms with Crippen molar-refractivity contribution in [3.05, 3.63) is 10.2 Å². The van der Waals surface area contributed by atoms with E-state index in [9.17, 15) is 0 Å². The smallest absolute Gasteiger partial charge is 0.286 e. The largest absolute Gasteiger partial charge is 0.518 e. The molecule has 1 rings (SSSR count). The van der Waals surface area contributed by atoms with Crippen LogP contribution in [0.25, 0.3) is 0 Å². The van der Waals surface area contributed by atoms with Gasteiger partial charge in [0, 0.05) is 11.5 Å². The summed E-state index contributed by atoms with van der Waals surface area (Å²) in [6.45, 7) is 14.0. The van der Waals surface area contributed by atoms with Gasteiger partial charge in [0.05, 0.1) is 6.61 Å². The lowest BCUT2D eigenvalue weighted by Crippen LogP contribution is -2.40. The molecule has 0 aromatic rings. The third-order valence-electron chi connectivity index (χ3n) is 3.15. The summed E-state index contributed by atoms with van der Waals surface area (Å²) < 4.78 is 13.2. The van der Waals surface area contributed by atoms with Gasteiger partial charge in [-0.25, -0.2) is 0 Å². The van der Waals surface area contributed by atoms with Gasteiger partial charge in [-0.2, -0.15) is 0 Å². The van der Waals surface area contributed by atoms with E-state index in [1.807, 2.05) is 30.4 Å². The molecule has 0 atom stereocenters. The van der Waals surface area contributed by atoms with E-state index in [1.54, 1.807) is 0 Å². The van der Waals surface area contributed by atoms with Gasteiger partial charge >= 0.3 is 0 Å². The van der Waals surface area contributed by atoms with Crippen molar-refractivity contribution in [3.63, 3.8) is 0 Å². The minimum absolute atomic E-state index is 0.212.